The summed E-state index contributed by atoms with van der Waals surface area (Å²) in [4.78, 5) is 18.8. The molecule has 0 spiro atoms. The Labute approximate surface area is 187 Å². The third kappa shape index (κ3) is 2.77. The fourth-order valence-corrected chi connectivity index (χ4v) is 5.88. The number of fused-ring (bicyclic) bond motifs is 2. The van der Waals surface area contributed by atoms with E-state index in [9.17, 15) is 4.79 Å². The fourth-order valence-electron chi connectivity index (χ4n) is 5.88. The normalized spacial score (nSPS) is 22.0. The van der Waals surface area contributed by atoms with Gasteiger partial charge >= 0.3 is 0 Å². The molecular weight excluding hydrogens is 398 g/mol. The molecule has 2 aliphatic carbocycles. The van der Waals surface area contributed by atoms with Gasteiger partial charge < -0.3 is 4.74 Å². The minimum Gasteiger partial charge on any atom is -0.497 e. The third-order valence-electron chi connectivity index (χ3n) is 7.56. The summed E-state index contributed by atoms with van der Waals surface area (Å²) < 4.78 is 6.97. The number of benzene rings is 2. The van der Waals surface area contributed by atoms with Crippen molar-refractivity contribution in [1.82, 2.24) is 14.6 Å². The van der Waals surface area contributed by atoms with Gasteiger partial charge in [-0.15, -0.1) is 0 Å². The molecule has 2 atom stereocenters. The molecule has 0 amide bonds. The predicted octanol–water partition coefficient (Wildman–Crippen LogP) is 5.51. The van der Waals surface area contributed by atoms with Crippen LogP contribution in [0.3, 0.4) is 0 Å². The van der Waals surface area contributed by atoms with Gasteiger partial charge in [-0.05, 0) is 55.4 Å². The summed E-state index contributed by atoms with van der Waals surface area (Å²) in [5.41, 5.74) is 6.56. The quantitative estimate of drug-likeness (QED) is 0.469. The number of aromatic nitrogens is 3. The van der Waals surface area contributed by atoms with Crippen LogP contribution < -0.4 is 10.3 Å². The molecule has 5 heteroatoms. The average molecular weight is 426 g/mol. The largest absolute Gasteiger partial charge is 0.497 e. The first-order chi connectivity index (χ1) is 15.6. The fraction of sp³-hybridized carbons (Fsp3) is 0.333. The maximum Gasteiger partial charge on any atom is 0.280 e. The first kappa shape index (κ1) is 19.4. The van der Waals surface area contributed by atoms with Crippen LogP contribution in [0.5, 0.6) is 5.75 Å². The molecule has 4 aromatic rings. The molecule has 0 radical (unpaired) electrons. The smallest absolute Gasteiger partial charge is 0.280 e. The molecule has 2 saturated carbocycles. The minimum absolute atomic E-state index is 0.0505. The number of methoxy groups -OCH3 is 1. The number of nitrogens with one attached hydrogen (secondary N) is 1. The standard InChI is InChI=1S/C27H27N3O2/c1-17-22(18-11-13-21(32-2)14-12-18)26(31)30-25(28-17)23(27-15-7-6-10-20(27)16-27)24(29-30)19-8-4-3-5-9-19/h3-5,8-9,11-14,20,29H,6-7,10,15-16H2,1-2H3. The summed E-state index contributed by atoms with van der Waals surface area (Å²) in [5, 5.41) is 3.47. The molecule has 1 N–H and O–H groups in total. The van der Waals surface area contributed by atoms with E-state index in [0.717, 1.165) is 33.9 Å². The second-order valence-corrected chi connectivity index (χ2v) is 9.30. The van der Waals surface area contributed by atoms with Crippen molar-refractivity contribution >= 4 is 5.65 Å². The van der Waals surface area contributed by atoms with E-state index in [4.69, 9.17) is 9.72 Å². The van der Waals surface area contributed by atoms with Crippen LogP contribution in [0.25, 0.3) is 28.0 Å². The number of nitrogens with zero attached hydrogens (tertiary/aromatic N) is 2. The van der Waals surface area contributed by atoms with Crippen LogP contribution in [-0.4, -0.2) is 21.7 Å². The van der Waals surface area contributed by atoms with Gasteiger partial charge in [0.05, 0.1) is 24.1 Å². The Kier molecular flexibility index (Phi) is 4.29. The molecule has 32 heavy (non-hydrogen) atoms. The van der Waals surface area contributed by atoms with Gasteiger partial charge in [0.15, 0.2) is 5.65 Å². The zero-order valence-corrected chi connectivity index (χ0v) is 18.5. The van der Waals surface area contributed by atoms with Gasteiger partial charge in [0.1, 0.15) is 5.75 Å². The molecule has 2 aromatic heterocycles. The Hall–Kier alpha value is -3.34. The molecule has 2 heterocycles. The second-order valence-electron chi connectivity index (χ2n) is 9.30. The van der Waals surface area contributed by atoms with E-state index >= 15 is 0 Å². The highest BCUT2D eigenvalue weighted by Gasteiger charge is 2.58. The highest BCUT2D eigenvalue weighted by atomic mass is 16.5. The third-order valence-corrected chi connectivity index (χ3v) is 7.56. The van der Waals surface area contributed by atoms with Crippen molar-refractivity contribution < 1.29 is 4.74 Å². The highest BCUT2D eigenvalue weighted by Crippen LogP contribution is 2.64. The maximum absolute atomic E-state index is 13.8. The van der Waals surface area contributed by atoms with Gasteiger partial charge in [0.2, 0.25) is 0 Å². The molecule has 2 aromatic carbocycles. The zero-order valence-electron chi connectivity index (χ0n) is 18.5. The summed E-state index contributed by atoms with van der Waals surface area (Å²) >= 11 is 0. The lowest BCUT2D eigenvalue weighted by atomic mass is 9.81. The Morgan fingerprint density at radius 3 is 2.56 bits per heavy atom. The van der Waals surface area contributed by atoms with Crippen molar-refractivity contribution in [2.75, 3.05) is 7.11 Å². The number of aryl methyl sites for hydroxylation is 1. The van der Waals surface area contributed by atoms with E-state index in [0.29, 0.717) is 11.5 Å². The van der Waals surface area contributed by atoms with Crippen LogP contribution in [0.15, 0.2) is 59.4 Å². The van der Waals surface area contributed by atoms with E-state index in [1.165, 1.54) is 37.7 Å². The van der Waals surface area contributed by atoms with Gasteiger partial charge in [-0.25, -0.2) is 9.50 Å². The van der Waals surface area contributed by atoms with Crippen molar-refractivity contribution in [3.8, 4) is 28.1 Å². The zero-order chi connectivity index (χ0) is 21.9. The van der Waals surface area contributed by atoms with E-state index in [2.05, 4.69) is 29.4 Å². The number of aromatic amines is 1. The van der Waals surface area contributed by atoms with E-state index in [-0.39, 0.29) is 11.0 Å². The number of H-pyrrole nitrogens is 1. The topological polar surface area (TPSA) is 59.4 Å². The molecule has 5 nitrogen and oxygen atoms in total. The Morgan fingerprint density at radius 1 is 1.06 bits per heavy atom. The van der Waals surface area contributed by atoms with Gasteiger partial charge in [0, 0.05) is 11.0 Å². The van der Waals surface area contributed by atoms with Crippen molar-refractivity contribution in [2.24, 2.45) is 5.92 Å². The lowest BCUT2D eigenvalue weighted by Crippen LogP contribution is -2.20. The van der Waals surface area contributed by atoms with Crippen LogP contribution in [-0.2, 0) is 5.41 Å². The minimum atomic E-state index is -0.0505. The molecule has 0 bridgehead atoms. The van der Waals surface area contributed by atoms with Crippen LogP contribution in [0.1, 0.15) is 43.4 Å². The number of rotatable bonds is 4. The lowest BCUT2D eigenvalue weighted by molar-refractivity contribution is 0.415. The Bertz CT molecular complexity index is 1370. The summed E-state index contributed by atoms with van der Waals surface area (Å²) in [6, 6.07) is 18.0. The molecule has 162 valence electrons. The van der Waals surface area contributed by atoms with Gasteiger partial charge in [-0.3, -0.25) is 9.89 Å². The van der Waals surface area contributed by atoms with Crippen LogP contribution in [0, 0.1) is 12.8 Å². The number of ether oxygens (including phenoxy) is 1. The van der Waals surface area contributed by atoms with E-state index in [1.807, 2.05) is 37.3 Å². The molecule has 2 aliphatic rings. The lowest BCUT2D eigenvalue weighted by Gasteiger charge is -2.22. The van der Waals surface area contributed by atoms with Gasteiger partial charge in [-0.1, -0.05) is 55.3 Å². The molecule has 6 rings (SSSR count). The first-order valence-corrected chi connectivity index (χ1v) is 11.5. The van der Waals surface area contributed by atoms with E-state index < -0.39 is 0 Å². The monoisotopic (exact) mass is 425 g/mol. The predicted molar refractivity (Wildman–Crippen MR) is 126 cm³/mol. The van der Waals surface area contributed by atoms with Crippen molar-refractivity contribution in [2.45, 2.75) is 44.4 Å². The summed E-state index contributed by atoms with van der Waals surface area (Å²) in [5.74, 6) is 1.47. The molecule has 2 unspecified atom stereocenters. The Morgan fingerprint density at radius 2 is 1.84 bits per heavy atom. The van der Waals surface area contributed by atoms with Gasteiger partial charge in [-0.2, -0.15) is 0 Å². The van der Waals surface area contributed by atoms with Crippen molar-refractivity contribution in [3.05, 3.63) is 76.2 Å². The molecule has 2 fully saturated rings. The van der Waals surface area contributed by atoms with Gasteiger partial charge in [0.25, 0.3) is 5.56 Å². The van der Waals surface area contributed by atoms with Crippen LogP contribution >= 0.6 is 0 Å². The Balaban J connectivity index is 1.61. The van der Waals surface area contributed by atoms with Crippen LogP contribution in [0.2, 0.25) is 0 Å². The highest BCUT2D eigenvalue weighted by molar-refractivity contribution is 5.76. The van der Waals surface area contributed by atoms with Crippen molar-refractivity contribution in [1.29, 1.82) is 0 Å². The second kappa shape index (κ2) is 7.09. The number of hydrogen-bond donors (Lipinski definition) is 1. The van der Waals surface area contributed by atoms with E-state index in [1.54, 1.807) is 11.6 Å². The maximum atomic E-state index is 13.8. The summed E-state index contributed by atoms with van der Waals surface area (Å²) in [6.45, 7) is 1.95. The molecule has 0 saturated heterocycles. The number of hydrogen-bond acceptors (Lipinski definition) is 3. The van der Waals surface area contributed by atoms with Crippen LogP contribution in [0.4, 0.5) is 0 Å². The molecular formula is C27H27N3O2. The summed E-state index contributed by atoms with van der Waals surface area (Å²) in [7, 11) is 1.64. The first-order valence-electron chi connectivity index (χ1n) is 11.5. The SMILES string of the molecule is COc1ccc(-c2c(C)nc3c(C45CCCCC4C5)c(-c4ccccc4)[nH]n3c2=O)cc1. The average Bonchev–Trinajstić information content (AvgIpc) is 3.45. The molecule has 0 aliphatic heterocycles. The summed E-state index contributed by atoms with van der Waals surface area (Å²) in [6.07, 6.45) is 6.22. The van der Waals surface area contributed by atoms with Crippen molar-refractivity contribution in [3.63, 3.8) is 0 Å².